The Bertz CT molecular complexity index is 456. The van der Waals surface area contributed by atoms with E-state index < -0.39 is 0 Å². The van der Waals surface area contributed by atoms with Crippen molar-refractivity contribution in [3.05, 3.63) is 53.2 Å². The van der Waals surface area contributed by atoms with Crippen molar-refractivity contribution < 1.29 is 5.11 Å². The average molecular weight is 220 g/mol. The molecule has 0 amide bonds. The number of pyridine rings is 1. The van der Waals surface area contributed by atoms with E-state index in [0.29, 0.717) is 10.7 Å². The van der Waals surface area contributed by atoms with Crippen LogP contribution in [-0.2, 0) is 6.61 Å². The highest BCUT2D eigenvalue weighted by Crippen LogP contribution is 2.21. The van der Waals surface area contributed by atoms with Gasteiger partial charge in [-0.25, -0.2) is 0 Å². The Hall–Kier alpha value is -1.38. The third-order valence-electron chi connectivity index (χ3n) is 2.07. The van der Waals surface area contributed by atoms with E-state index in [1.807, 2.05) is 30.3 Å². The zero-order valence-electron chi connectivity index (χ0n) is 8.02. The molecule has 1 N–H and O–H groups in total. The quantitative estimate of drug-likeness (QED) is 0.843. The molecule has 0 bridgehead atoms. The van der Waals surface area contributed by atoms with Crippen LogP contribution in [0, 0.1) is 0 Å². The minimum atomic E-state index is -0.0968. The van der Waals surface area contributed by atoms with Gasteiger partial charge in [0.1, 0.15) is 0 Å². The molecular weight excluding hydrogens is 210 g/mol. The molecule has 0 aliphatic carbocycles. The SMILES string of the molecule is OCc1cc(Cl)cc(-c2ccccc2)n1. The lowest BCUT2D eigenvalue weighted by Gasteiger charge is -2.03. The predicted octanol–water partition coefficient (Wildman–Crippen LogP) is 2.89. The molecule has 3 heteroatoms. The monoisotopic (exact) mass is 219 g/mol. The fraction of sp³-hybridized carbons (Fsp3) is 0.0833. The first kappa shape index (κ1) is 10.1. The molecule has 76 valence electrons. The Morgan fingerprint density at radius 3 is 2.53 bits per heavy atom. The van der Waals surface area contributed by atoms with Crippen molar-refractivity contribution in [2.75, 3.05) is 0 Å². The van der Waals surface area contributed by atoms with Crippen LogP contribution in [0.4, 0.5) is 0 Å². The van der Waals surface area contributed by atoms with Crippen LogP contribution in [0.3, 0.4) is 0 Å². The normalized spacial score (nSPS) is 10.3. The van der Waals surface area contributed by atoms with E-state index in [9.17, 15) is 0 Å². The van der Waals surface area contributed by atoms with Gasteiger partial charge in [0.15, 0.2) is 0 Å². The maximum absolute atomic E-state index is 9.01. The van der Waals surface area contributed by atoms with Gasteiger partial charge < -0.3 is 5.11 Å². The molecule has 0 saturated carbocycles. The molecule has 0 saturated heterocycles. The number of rotatable bonds is 2. The first-order valence-electron chi connectivity index (χ1n) is 4.62. The zero-order valence-corrected chi connectivity index (χ0v) is 8.78. The van der Waals surface area contributed by atoms with Crippen molar-refractivity contribution in [3.8, 4) is 11.3 Å². The van der Waals surface area contributed by atoms with Gasteiger partial charge in [-0.2, -0.15) is 0 Å². The van der Waals surface area contributed by atoms with E-state index in [4.69, 9.17) is 16.7 Å². The van der Waals surface area contributed by atoms with E-state index in [0.717, 1.165) is 11.3 Å². The molecule has 0 aliphatic rings. The summed E-state index contributed by atoms with van der Waals surface area (Å²) >= 11 is 5.93. The van der Waals surface area contributed by atoms with E-state index in [1.54, 1.807) is 12.1 Å². The zero-order chi connectivity index (χ0) is 10.7. The largest absolute Gasteiger partial charge is 0.390 e. The maximum Gasteiger partial charge on any atom is 0.0853 e. The van der Waals surface area contributed by atoms with Gasteiger partial charge in [-0.05, 0) is 12.1 Å². The van der Waals surface area contributed by atoms with Crippen molar-refractivity contribution in [1.29, 1.82) is 0 Å². The molecule has 1 aromatic heterocycles. The number of benzene rings is 1. The summed E-state index contributed by atoms with van der Waals surface area (Å²) in [6.45, 7) is -0.0968. The smallest absolute Gasteiger partial charge is 0.0853 e. The molecule has 15 heavy (non-hydrogen) atoms. The molecule has 0 unspecified atom stereocenters. The lowest BCUT2D eigenvalue weighted by Crippen LogP contribution is -1.91. The molecule has 0 atom stereocenters. The second kappa shape index (κ2) is 4.43. The van der Waals surface area contributed by atoms with Gasteiger partial charge in [-0.1, -0.05) is 41.9 Å². The van der Waals surface area contributed by atoms with Crippen LogP contribution in [0.25, 0.3) is 11.3 Å². The summed E-state index contributed by atoms with van der Waals surface area (Å²) in [5, 5.41) is 9.60. The minimum Gasteiger partial charge on any atom is -0.390 e. The summed E-state index contributed by atoms with van der Waals surface area (Å²) in [5.41, 5.74) is 2.36. The van der Waals surface area contributed by atoms with E-state index in [-0.39, 0.29) is 6.61 Å². The van der Waals surface area contributed by atoms with E-state index in [1.165, 1.54) is 0 Å². The summed E-state index contributed by atoms with van der Waals surface area (Å²) < 4.78 is 0. The van der Waals surface area contributed by atoms with Crippen molar-refractivity contribution in [2.24, 2.45) is 0 Å². The molecule has 0 fully saturated rings. The minimum absolute atomic E-state index is 0.0968. The first-order chi connectivity index (χ1) is 7.29. The van der Waals surface area contributed by atoms with Crippen molar-refractivity contribution in [3.63, 3.8) is 0 Å². The number of aromatic nitrogens is 1. The second-order valence-electron chi connectivity index (χ2n) is 3.19. The standard InChI is InChI=1S/C12H10ClNO/c13-10-6-11(8-15)14-12(7-10)9-4-2-1-3-5-9/h1-7,15H,8H2. The molecule has 0 radical (unpaired) electrons. The van der Waals surface area contributed by atoms with Gasteiger partial charge in [0, 0.05) is 10.6 Å². The lowest BCUT2D eigenvalue weighted by molar-refractivity contribution is 0.277. The first-order valence-corrected chi connectivity index (χ1v) is 5.00. The van der Waals surface area contributed by atoms with Crippen LogP contribution >= 0.6 is 11.6 Å². The van der Waals surface area contributed by atoms with Crippen LogP contribution in [0.2, 0.25) is 5.02 Å². The van der Waals surface area contributed by atoms with Crippen molar-refractivity contribution in [1.82, 2.24) is 4.98 Å². The summed E-state index contributed by atoms with van der Waals surface area (Å²) in [7, 11) is 0. The van der Waals surface area contributed by atoms with Gasteiger partial charge in [0.25, 0.3) is 0 Å². The Kier molecular flexibility index (Phi) is 2.99. The number of hydrogen-bond donors (Lipinski definition) is 1. The second-order valence-corrected chi connectivity index (χ2v) is 3.62. The molecule has 1 heterocycles. The molecule has 0 spiro atoms. The number of nitrogens with zero attached hydrogens (tertiary/aromatic N) is 1. The van der Waals surface area contributed by atoms with Gasteiger partial charge in [0.2, 0.25) is 0 Å². The van der Waals surface area contributed by atoms with Gasteiger partial charge >= 0.3 is 0 Å². The molecular formula is C12H10ClNO. The Morgan fingerprint density at radius 1 is 1.13 bits per heavy atom. The van der Waals surface area contributed by atoms with Crippen molar-refractivity contribution in [2.45, 2.75) is 6.61 Å². The summed E-state index contributed by atoms with van der Waals surface area (Å²) in [4.78, 5) is 4.29. The number of hydrogen-bond acceptors (Lipinski definition) is 2. The Labute approximate surface area is 93.2 Å². The number of halogens is 1. The highest BCUT2D eigenvalue weighted by Gasteiger charge is 2.02. The number of aliphatic hydroxyl groups is 1. The molecule has 2 aromatic rings. The van der Waals surface area contributed by atoms with Crippen LogP contribution < -0.4 is 0 Å². The lowest BCUT2D eigenvalue weighted by atomic mass is 10.1. The topological polar surface area (TPSA) is 33.1 Å². The van der Waals surface area contributed by atoms with Crippen LogP contribution in [0.15, 0.2) is 42.5 Å². The Morgan fingerprint density at radius 2 is 1.87 bits per heavy atom. The maximum atomic E-state index is 9.01. The summed E-state index contributed by atoms with van der Waals surface area (Å²) in [6, 6.07) is 13.2. The Balaban J connectivity index is 2.49. The summed E-state index contributed by atoms with van der Waals surface area (Å²) in [6.07, 6.45) is 0. The molecule has 2 rings (SSSR count). The molecule has 1 aromatic carbocycles. The van der Waals surface area contributed by atoms with Gasteiger partial charge in [0.05, 0.1) is 18.0 Å². The van der Waals surface area contributed by atoms with Crippen molar-refractivity contribution >= 4 is 11.6 Å². The highest BCUT2D eigenvalue weighted by molar-refractivity contribution is 6.30. The average Bonchev–Trinajstić information content (AvgIpc) is 2.29. The van der Waals surface area contributed by atoms with Crippen LogP contribution in [-0.4, -0.2) is 10.1 Å². The molecule has 2 nitrogen and oxygen atoms in total. The third-order valence-corrected chi connectivity index (χ3v) is 2.29. The van der Waals surface area contributed by atoms with Crippen LogP contribution in [0.5, 0.6) is 0 Å². The summed E-state index contributed by atoms with van der Waals surface area (Å²) in [5.74, 6) is 0. The van der Waals surface area contributed by atoms with Crippen LogP contribution in [0.1, 0.15) is 5.69 Å². The fourth-order valence-electron chi connectivity index (χ4n) is 1.39. The fourth-order valence-corrected chi connectivity index (χ4v) is 1.62. The third kappa shape index (κ3) is 2.35. The predicted molar refractivity (Wildman–Crippen MR) is 60.6 cm³/mol. The highest BCUT2D eigenvalue weighted by atomic mass is 35.5. The van der Waals surface area contributed by atoms with E-state index in [2.05, 4.69) is 4.98 Å². The molecule has 0 aliphatic heterocycles. The van der Waals surface area contributed by atoms with Gasteiger partial charge in [-0.3, -0.25) is 4.98 Å². The van der Waals surface area contributed by atoms with Gasteiger partial charge in [-0.15, -0.1) is 0 Å². The number of aliphatic hydroxyl groups excluding tert-OH is 1. The van der Waals surface area contributed by atoms with E-state index >= 15 is 0 Å².